The van der Waals surface area contributed by atoms with Gasteiger partial charge in [0.25, 0.3) is 0 Å². The lowest BCUT2D eigenvalue weighted by Crippen LogP contribution is -1.94. The maximum atomic E-state index is 11.0. The van der Waals surface area contributed by atoms with Crippen LogP contribution in [0.4, 0.5) is 0 Å². The first-order chi connectivity index (χ1) is 10.2. The van der Waals surface area contributed by atoms with E-state index in [-0.39, 0.29) is 5.56 Å². The number of aromatic carboxylic acids is 1. The van der Waals surface area contributed by atoms with Crippen LogP contribution in [0.2, 0.25) is 0 Å². The fraction of sp³-hybridized carbons (Fsp3) is 0. The molecule has 0 fully saturated rings. The molecule has 0 aliphatic carbocycles. The van der Waals surface area contributed by atoms with Crippen molar-refractivity contribution < 1.29 is 14.3 Å². The maximum absolute atomic E-state index is 11.0. The predicted molar refractivity (Wildman–Crippen MR) is 81.8 cm³/mol. The summed E-state index contributed by atoms with van der Waals surface area (Å²) in [6.07, 6.45) is 0. The van der Waals surface area contributed by atoms with E-state index in [0.717, 1.165) is 10.9 Å². The van der Waals surface area contributed by atoms with Gasteiger partial charge in [-0.2, -0.15) is 0 Å². The average Bonchev–Trinajstić information content (AvgIpc) is 3.09. The molecule has 4 nitrogen and oxygen atoms in total. The van der Waals surface area contributed by atoms with Crippen LogP contribution >= 0.6 is 11.3 Å². The summed E-state index contributed by atoms with van der Waals surface area (Å²) in [4.78, 5) is 15.4. The molecular weight excluding hydrogens is 286 g/mol. The Morgan fingerprint density at radius 1 is 1.19 bits per heavy atom. The lowest BCUT2D eigenvalue weighted by molar-refractivity contribution is 0.0697. The minimum Gasteiger partial charge on any atom is -0.478 e. The standard InChI is InChI=1S/C16H9NO3S/c18-16(19)9-5-6-12-13(7-9)20-15(17-12)11-8-21-14-4-2-1-3-10(11)14/h1-8H,(H,18,19). The lowest BCUT2D eigenvalue weighted by atomic mass is 10.2. The van der Waals surface area contributed by atoms with Crippen LogP contribution in [-0.2, 0) is 0 Å². The van der Waals surface area contributed by atoms with Crippen molar-refractivity contribution in [2.75, 3.05) is 0 Å². The number of aromatic nitrogens is 1. The number of hydrogen-bond acceptors (Lipinski definition) is 4. The largest absolute Gasteiger partial charge is 0.478 e. The van der Waals surface area contributed by atoms with Crippen molar-refractivity contribution in [2.45, 2.75) is 0 Å². The van der Waals surface area contributed by atoms with E-state index in [1.165, 1.54) is 16.8 Å². The fourth-order valence-electron chi connectivity index (χ4n) is 2.32. The zero-order chi connectivity index (χ0) is 14.4. The molecule has 0 bridgehead atoms. The minimum atomic E-state index is -0.976. The zero-order valence-electron chi connectivity index (χ0n) is 10.7. The highest BCUT2D eigenvalue weighted by molar-refractivity contribution is 7.17. The number of hydrogen-bond donors (Lipinski definition) is 1. The summed E-state index contributed by atoms with van der Waals surface area (Å²) < 4.78 is 6.91. The molecule has 0 atom stereocenters. The van der Waals surface area contributed by atoms with Crippen LogP contribution in [0.5, 0.6) is 0 Å². The monoisotopic (exact) mass is 295 g/mol. The zero-order valence-corrected chi connectivity index (χ0v) is 11.6. The molecule has 2 aromatic heterocycles. The fourth-order valence-corrected chi connectivity index (χ4v) is 3.25. The van der Waals surface area contributed by atoms with Gasteiger partial charge in [0.05, 0.1) is 11.1 Å². The van der Waals surface area contributed by atoms with Gasteiger partial charge < -0.3 is 9.52 Å². The molecule has 2 aromatic carbocycles. The van der Waals surface area contributed by atoms with Gasteiger partial charge in [-0.25, -0.2) is 9.78 Å². The number of carboxylic acid groups (broad SMARTS) is 1. The average molecular weight is 295 g/mol. The van der Waals surface area contributed by atoms with E-state index in [1.807, 2.05) is 23.6 Å². The molecular formula is C16H9NO3S. The molecule has 0 aliphatic heterocycles. The third kappa shape index (κ3) is 1.90. The number of carbonyl (C=O) groups is 1. The van der Waals surface area contributed by atoms with Crippen LogP contribution in [0.1, 0.15) is 10.4 Å². The van der Waals surface area contributed by atoms with Crippen molar-refractivity contribution in [1.82, 2.24) is 4.98 Å². The van der Waals surface area contributed by atoms with Crippen LogP contribution in [0.3, 0.4) is 0 Å². The highest BCUT2D eigenvalue weighted by Crippen LogP contribution is 2.34. The highest BCUT2D eigenvalue weighted by Gasteiger charge is 2.14. The Morgan fingerprint density at radius 2 is 2.05 bits per heavy atom. The van der Waals surface area contributed by atoms with E-state index in [4.69, 9.17) is 9.52 Å². The summed E-state index contributed by atoms with van der Waals surface area (Å²) in [6.45, 7) is 0. The van der Waals surface area contributed by atoms with Crippen molar-refractivity contribution in [3.63, 3.8) is 0 Å². The molecule has 102 valence electrons. The minimum absolute atomic E-state index is 0.195. The highest BCUT2D eigenvalue weighted by atomic mass is 32.1. The van der Waals surface area contributed by atoms with Gasteiger partial charge in [0.15, 0.2) is 5.58 Å². The number of oxazole rings is 1. The molecule has 2 heterocycles. The third-order valence-electron chi connectivity index (χ3n) is 3.35. The van der Waals surface area contributed by atoms with E-state index >= 15 is 0 Å². The first-order valence-electron chi connectivity index (χ1n) is 6.33. The Labute approximate surface area is 123 Å². The molecule has 5 heteroatoms. The molecule has 0 aliphatic rings. The number of thiophene rings is 1. The topological polar surface area (TPSA) is 63.3 Å². The predicted octanol–water partition coefficient (Wildman–Crippen LogP) is 4.41. The van der Waals surface area contributed by atoms with Gasteiger partial charge in [-0.05, 0) is 24.3 Å². The first kappa shape index (κ1) is 12.1. The van der Waals surface area contributed by atoms with Gasteiger partial charge in [0.2, 0.25) is 5.89 Å². The smallest absolute Gasteiger partial charge is 0.335 e. The van der Waals surface area contributed by atoms with Gasteiger partial charge in [0, 0.05) is 15.5 Å². The SMILES string of the molecule is O=C(O)c1ccc2nc(-c3csc4ccccc34)oc2c1. The number of benzene rings is 2. The molecule has 4 aromatic rings. The first-order valence-corrected chi connectivity index (χ1v) is 7.21. The summed E-state index contributed by atoms with van der Waals surface area (Å²) >= 11 is 1.63. The maximum Gasteiger partial charge on any atom is 0.335 e. The molecule has 4 rings (SSSR count). The van der Waals surface area contributed by atoms with Crippen LogP contribution in [0, 0.1) is 0 Å². The van der Waals surface area contributed by atoms with Crippen LogP contribution in [-0.4, -0.2) is 16.1 Å². The van der Waals surface area contributed by atoms with Gasteiger partial charge in [0.1, 0.15) is 5.52 Å². The van der Waals surface area contributed by atoms with Crippen LogP contribution < -0.4 is 0 Å². The van der Waals surface area contributed by atoms with Crippen molar-refractivity contribution in [2.24, 2.45) is 0 Å². The van der Waals surface area contributed by atoms with Crippen LogP contribution in [0.25, 0.3) is 32.6 Å². The molecule has 0 unspecified atom stereocenters. The van der Waals surface area contributed by atoms with Crippen molar-refractivity contribution in [3.05, 3.63) is 53.4 Å². The second-order valence-electron chi connectivity index (χ2n) is 4.65. The van der Waals surface area contributed by atoms with Gasteiger partial charge in [-0.15, -0.1) is 11.3 Å². The van der Waals surface area contributed by atoms with Gasteiger partial charge in [-0.1, -0.05) is 18.2 Å². The van der Waals surface area contributed by atoms with E-state index in [9.17, 15) is 4.79 Å². The summed E-state index contributed by atoms with van der Waals surface area (Å²) in [7, 11) is 0. The van der Waals surface area contributed by atoms with E-state index in [0.29, 0.717) is 17.0 Å². The summed E-state index contributed by atoms with van der Waals surface area (Å²) in [5, 5.41) is 12.1. The van der Waals surface area contributed by atoms with Crippen molar-refractivity contribution in [3.8, 4) is 11.5 Å². The van der Waals surface area contributed by atoms with Gasteiger partial charge >= 0.3 is 5.97 Å². The molecule has 0 spiro atoms. The van der Waals surface area contributed by atoms with Crippen molar-refractivity contribution in [1.29, 1.82) is 0 Å². The van der Waals surface area contributed by atoms with Crippen LogP contribution in [0.15, 0.2) is 52.3 Å². The number of carboxylic acids is 1. The van der Waals surface area contributed by atoms with E-state index < -0.39 is 5.97 Å². The van der Waals surface area contributed by atoms with Gasteiger partial charge in [-0.3, -0.25) is 0 Å². The Bertz CT molecular complexity index is 983. The second-order valence-corrected chi connectivity index (χ2v) is 5.56. The third-order valence-corrected chi connectivity index (χ3v) is 4.31. The normalized spacial score (nSPS) is 11.2. The Hall–Kier alpha value is -2.66. The quantitative estimate of drug-likeness (QED) is 0.595. The summed E-state index contributed by atoms with van der Waals surface area (Å²) in [5.41, 5.74) is 2.27. The molecule has 0 amide bonds. The lowest BCUT2D eigenvalue weighted by Gasteiger charge is -1.92. The Kier molecular flexibility index (Phi) is 2.55. The van der Waals surface area contributed by atoms with E-state index in [2.05, 4.69) is 11.1 Å². The summed E-state index contributed by atoms with van der Waals surface area (Å²) in [5.74, 6) is -0.458. The Balaban J connectivity index is 1.92. The molecule has 0 saturated carbocycles. The number of fused-ring (bicyclic) bond motifs is 2. The Morgan fingerprint density at radius 3 is 2.90 bits per heavy atom. The second kappa shape index (κ2) is 4.43. The molecule has 21 heavy (non-hydrogen) atoms. The molecule has 0 radical (unpaired) electrons. The number of nitrogens with zero attached hydrogens (tertiary/aromatic N) is 1. The summed E-state index contributed by atoms with van der Waals surface area (Å²) in [6, 6.07) is 12.7. The van der Waals surface area contributed by atoms with E-state index in [1.54, 1.807) is 17.4 Å². The number of rotatable bonds is 2. The molecule has 1 N–H and O–H groups in total. The van der Waals surface area contributed by atoms with Crippen molar-refractivity contribution >= 4 is 38.5 Å². The molecule has 0 saturated heterocycles.